The van der Waals surface area contributed by atoms with Gasteiger partial charge in [0.05, 0.1) is 6.04 Å². The number of unbranched alkanes of at least 4 members (excludes halogenated alkanes) is 1. The monoisotopic (exact) mass is 598 g/mol. The molecule has 0 radical (unpaired) electrons. The first-order valence-corrected chi connectivity index (χ1v) is 15.5. The third-order valence-corrected chi connectivity index (χ3v) is 7.60. The van der Waals surface area contributed by atoms with Crippen LogP contribution in [0.15, 0.2) is 0 Å². The number of aliphatic carboxylic acids is 1. The van der Waals surface area contributed by atoms with E-state index in [-0.39, 0.29) is 36.5 Å². The van der Waals surface area contributed by atoms with Gasteiger partial charge in [0.1, 0.15) is 24.2 Å². The molecule has 0 bridgehead atoms. The third-order valence-electron chi connectivity index (χ3n) is 7.60. The Bertz CT molecular complexity index is 867. The van der Waals surface area contributed by atoms with E-state index in [1.165, 1.54) is 0 Å². The highest BCUT2D eigenvalue weighted by molar-refractivity contribution is 5.95. The molecule has 0 fully saturated rings. The van der Waals surface area contributed by atoms with Gasteiger partial charge < -0.3 is 37.8 Å². The highest BCUT2D eigenvalue weighted by Crippen LogP contribution is 2.13. The number of nitrogens with two attached hydrogens (primary N) is 2. The number of hydrogen-bond acceptors (Lipinski definition) is 7. The van der Waals surface area contributed by atoms with Crippen molar-refractivity contribution in [3.8, 4) is 0 Å². The van der Waals surface area contributed by atoms with Gasteiger partial charge in [-0.3, -0.25) is 19.2 Å². The van der Waals surface area contributed by atoms with Crippen molar-refractivity contribution in [2.75, 3.05) is 6.54 Å². The fraction of sp³-hybridized carbons (Fsp3) is 0.833. The maximum atomic E-state index is 13.5. The smallest absolute Gasteiger partial charge is 0.326 e. The third kappa shape index (κ3) is 14.4. The molecule has 0 unspecified atom stereocenters. The average molecular weight is 599 g/mol. The van der Waals surface area contributed by atoms with Crippen LogP contribution in [0, 0.1) is 23.7 Å². The van der Waals surface area contributed by atoms with E-state index < -0.39 is 59.8 Å². The zero-order valence-corrected chi connectivity index (χ0v) is 27.0. The molecule has 0 aliphatic heterocycles. The van der Waals surface area contributed by atoms with Gasteiger partial charge in [-0.05, 0) is 62.3 Å². The lowest BCUT2D eigenvalue weighted by molar-refractivity contribution is -0.144. The lowest BCUT2D eigenvalue weighted by Gasteiger charge is -2.28. The van der Waals surface area contributed by atoms with Crippen molar-refractivity contribution in [2.45, 2.75) is 131 Å². The van der Waals surface area contributed by atoms with E-state index in [0.29, 0.717) is 38.6 Å². The predicted octanol–water partition coefficient (Wildman–Crippen LogP) is 1.65. The second-order valence-corrected chi connectivity index (χ2v) is 12.3. The number of hydrogen-bond donors (Lipinski definition) is 7. The van der Waals surface area contributed by atoms with E-state index in [2.05, 4.69) is 21.3 Å². The second kappa shape index (κ2) is 20.2. The van der Waals surface area contributed by atoms with Crippen LogP contribution in [-0.4, -0.2) is 71.5 Å². The van der Waals surface area contributed by atoms with Crippen molar-refractivity contribution in [1.82, 2.24) is 21.3 Å². The molecule has 42 heavy (non-hydrogen) atoms. The number of carboxylic acids is 1. The fourth-order valence-corrected chi connectivity index (χ4v) is 4.43. The molecule has 4 amide bonds. The van der Waals surface area contributed by atoms with Crippen molar-refractivity contribution < 1.29 is 29.1 Å². The quantitative estimate of drug-likeness (QED) is 0.0965. The molecule has 0 saturated carbocycles. The lowest BCUT2D eigenvalue weighted by atomic mass is 9.97. The Kier molecular flexibility index (Phi) is 18.9. The number of amides is 4. The molecular formula is C30H58N6O6. The number of carbonyl (C=O) groups is 5. The summed E-state index contributed by atoms with van der Waals surface area (Å²) in [5, 5.41) is 20.5. The van der Waals surface area contributed by atoms with Gasteiger partial charge in [0.2, 0.25) is 23.6 Å². The Labute approximate surface area is 252 Å². The summed E-state index contributed by atoms with van der Waals surface area (Å²) in [5.41, 5.74) is 11.7. The Morgan fingerprint density at radius 3 is 1.48 bits per heavy atom. The van der Waals surface area contributed by atoms with Gasteiger partial charge in [0, 0.05) is 0 Å². The van der Waals surface area contributed by atoms with Crippen LogP contribution >= 0.6 is 0 Å². The largest absolute Gasteiger partial charge is 0.480 e. The lowest BCUT2D eigenvalue weighted by Crippen LogP contribution is -2.59. The highest BCUT2D eigenvalue weighted by Gasteiger charge is 2.33. The van der Waals surface area contributed by atoms with Crippen LogP contribution in [-0.2, 0) is 24.0 Å². The van der Waals surface area contributed by atoms with Crippen LogP contribution in [0.25, 0.3) is 0 Å². The number of nitrogens with one attached hydrogen (secondary N) is 4. The molecule has 0 aromatic rings. The van der Waals surface area contributed by atoms with E-state index in [9.17, 15) is 29.1 Å². The van der Waals surface area contributed by atoms with E-state index in [1.807, 2.05) is 48.5 Å². The van der Waals surface area contributed by atoms with Gasteiger partial charge in [-0.2, -0.15) is 0 Å². The molecule has 0 rings (SSSR count). The van der Waals surface area contributed by atoms with Gasteiger partial charge in [0.15, 0.2) is 0 Å². The van der Waals surface area contributed by atoms with Crippen molar-refractivity contribution >= 4 is 29.6 Å². The summed E-state index contributed by atoms with van der Waals surface area (Å²) in [5.74, 6) is -3.62. The maximum Gasteiger partial charge on any atom is 0.326 e. The zero-order chi connectivity index (χ0) is 32.6. The first-order valence-electron chi connectivity index (χ1n) is 15.5. The Balaban J connectivity index is 5.93. The molecule has 0 aliphatic rings. The Morgan fingerprint density at radius 2 is 1.07 bits per heavy atom. The fourth-order valence-electron chi connectivity index (χ4n) is 4.43. The summed E-state index contributed by atoms with van der Waals surface area (Å²) in [7, 11) is 0. The average Bonchev–Trinajstić information content (AvgIpc) is 2.92. The SMILES string of the molecule is CC[C@H](C)[C@H](N)C(=O)N[C@@H](CCCCN)C(=O)N[C@@H](CC(C)C)C(=O)N[C@@H](CC(C)C)C(=O)N[C@H](C(=O)O)[C@@H](C)CC. The number of carboxylic acid groups (broad SMARTS) is 1. The summed E-state index contributed by atoms with van der Waals surface area (Å²) in [6, 6.07) is -4.77. The predicted molar refractivity (Wildman–Crippen MR) is 164 cm³/mol. The Hall–Kier alpha value is -2.73. The van der Waals surface area contributed by atoms with E-state index in [4.69, 9.17) is 11.5 Å². The summed E-state index contributed by atoms with van der Waals surface area (Å²) in [6.07, 6.45) is 3.38. The highest BCUT2D eigenvalue weighted by atomic mass is 16.4. The molecule has 12 heteroatoms. The maximum absolute atomic E-state index is 13.5. The van der Waals surface area contributed by atoms with Crippen LogP contribution in [0.4, 0.5) is 0 Å². The van der Waals surface area contributed by atoms with Crippen LogP contribution in [0.2, 0.25) is 0 Å². The molecule has 7 atom stereocenters. The summed E-state index contributed by atoms with van der Waals surface area (Å²) in [4.78, 5) is 64.7. The van der Waals surface area contributed by atoms with Gasteiger partial charge in [0.25, 0.3) is 0 Å². The van der Waals surface area contributed by atoms with Crippen molar-refractivity contribution in [1.29, 1.82) is 0 Å². The molecular weight excluding hydrogens is 540 g/mol. The van der Waals surface area contributed by atoms with Crippen LogP contribution in [0.3, 0.4) is 0 Å². The standard InChI is InChI=1S/C30H58N6O6/c1-9-19(7)24(32)29(40)33-21(13-11-12-14-31)26(37)34-22(15-17(3)4)27(38)35-23(16-18(5)6)28(39)36-25(30(41)42)20(8)10-2/h17-25H,9-16,31-32H2,1-8H3,(H,33,40)(H,34,37)(H,35,38)(H,36,39)(H,41,42)/t19-,20-,21-,22-,23-,24-,25-/m0/s1. The topological polar surface area (TPSA) is 206 Å². The minimum atomic E-state index is -1.15. The second-order valence-electron chi connectivity index (χ2n) is 12.3. The van der Waals surface area contributed by atoms with E-state index >= 15 is 0 Å². The summed E-state index contributed by atoms with van der Waals surface area (Å²) in [6.45, 7) is 15.4. The van der Waals surface area contributed by atoms with Crippen molar-refractivity contribution in [3.05, 3.63) is 0 Å². The van der Waals surface area contributed by atoms with Crippen molar-refractivity contribution in [2.24, 2.45) is 35.1 Å². The molecule has 0 aromatic carbocycles. The van der Waals surface area contributed by atoms with E-state index in [1.54, 1.807) is 6.92 Å². The first-order chi connectivity index (χ1) is 19.6. The van der Waals surface area contributed by atoms with Crippen molar-refractivity contribution in [3.63, 3.8) is 0 Å². The molecule has 0 aliphatic carbocycles. The van der Waals surface area contributed by atoms with Gasteiger partial charge in [-0.15, -0.1) is 0 Å². The Morgan fingerprint density at radius 1 is 0.643 bits per heavy atom. The molecule has 0 spiro atoms. The molecule has 0 heterocycles. The van der Waals surface area contributed by atoms with Gasteiger partial charge in [-0.1, -0.05) is 68.2 Å². The molecule has 0 saturated heterocycles. The summed E-state index contributed by atoms with van der Waals surface area (Å²) >= 11 is 0. The van der Waals surface area contributed by atoms with Crippen LogP contribution in [0.1, 0.15) is 100 Å². The van der Waals surface area contributed by atoms with Crippen LogP contribution in [0.5, 0.6) is 0 Å². The number of rotatable bonds is 21. The normalized spacial score (nSPS) is 16.5. The first kappa shape index (κ1) is 39.3. The van der Waals surface area contributed by atoms with Crippen LogP contribution < -0.4 is 32.7 Å². The summed E-state index contributed by atoms with van der Waals surface area (Å²) < 4.78 is 0. The van der Waals surface area contributed by atoms with E-state index in [0.717, 1.165) is 0 Å². The zero-order valence-electron chi connectivity index (χ0n) is 27.0. The minimum absolute atomic E-state index is 0.0166. The number of carbonyl (C=O) groups excluding carboxylic acids is 4. The molecule has 244 valence electrons. The molecule has 12 nitrogen and oxygen atoms in total. The molecule has 0 aromatic heterocycles. The van der Waals surface area contributed by atoms with Gasteiger partial charge >= 0.3 is 5.97 Å². The minimum Gasteiger partial charge on any atom is -0.480 e. The molecule has 9 N–H and O–H groups in total. The van der Waals surface area contributed by atoms with Gasteiger partial charge in [-0.25, -0.2) is 4.79 Å².